The Labute approximate surface area is 165 Å². The summed E-state index contributed by atoms with van der Waals surface area (Å²) in [5, 5.41) is 2.74. The lowest BCUT2D eigenvalue weighted by Crippen LogP contribution is -2.51. The molecule has 7 nitrogen and oxygen atoms in total. The quantitative estimate of drug-likeness (QED) is 0.715. The van der Waals surface area contributed by atoms with Gasteiger partial charge in [0.05, 0.1) is 24.5 Å². The Morgan fingerprint density at radius 1 is 1.21 bits per heavy atom. The lowest BCUT2D eigenvalue weighted by Gasteiger charge is -2.34. The number of hydrogen-bond donors (Lipinski definition) is 1. The van der Waals surface area contributed by atoms with Crippen molar-refractivity contribution in [3.05, 3.63) is 54.1 Å². The van der Waals surface area contributed by atoms with Crippen molar-refractivity contribution in [3.63, 3.8) is 0 Å². The monoisotopic (exact) mass is 404 g/mol. The summed E-state index contributed by atoms with van der Waals surface area (Å²) in [4.78, 5) is 12.5. The van der Waals surface area contributed by atoms with Crippen LogP contribution >= 0.6 is 0 Å². The van der Waals surface area contributed by atoms with Gasteiger partial charge in [-0.3, -0.25) is 9.10 Å². The van der Waals surface area contributed by atoms with Crippen LogP contribution in [0.3, 0.4) is 0 Å². The van der Waals surface area contributed by atoms with Crippen LogP contribution in [0.4, 0.5) is 5.69 Å². The van der Waals surface area contributed by atoms with E-state index in [1.807, 2.05) is 31.2 Å². The summed E-state index contributed by atoms with van der Waals surface area (Å²) in [5.41, 5.74) is 1.60. The van der Waals surface area contributed by atoms with Gasteiger partial charge >= 0.3 is 0 Å². The molecule has 0 fully saturated rings. The minimum Gasteiger partial charge on any atom is -0.492 e. The molecule has 0 aliphatic carbocycles. The number of para-hydroxylation sites is 2. The molecule has 0 aromatic heterocycles. The normalized spacial score (nSPS) is 16.1. The second kappa shape index (κ2) is 8.52. The number of amides is 1. The molecule has 1 N–H and O–H groups in total. The van der Waals surface area contributed by atoms with E-state index in [1.165, 1.54) is 4.31 Å². The summed E-state index contributed by atoms with van der Waals surface area (Å²) in [7, 11) is -3.52. The zero-order valence-electron chi connectivity index (χ0n) is 15.9. The number of aryl methyl sites for hydroxylation is 1. The molecule has 8 heteroatoms. The van der Waals surface area contributed by atoms with Crippen LogP contribution in [0.15, 0.2) is 48.5 Å². The number of carbonyl (C=O) groups excluding carboxylic acids is 1. The predicted molar refractivity (Wildman–Crippen MR) is 107 cm³/mol. The van der Waals surface area contributed by atoms with E-state index in [0.29, 0.717) is 18.0 Å². The maximum Gasteiger partial charge on any atom is 0.263 e. The van der Waals surface area contributed by atoms with E-state index >= 15 is 0 Å². The number of nitrogens with zero attached hydrogens (tertiary/aromatic N) is 1. The molecule has 0 radical (unpaired) electrons. The van der Waals surface area contributed by atoms with Gasteiger partial charge < -0.3 is 14.8 Å². The van der Waals surface area contributed by atoms with Gasteiger partial charge in [-0.15, -0.1) is 0 Å². The van der Waals surface area contributed by atoms with Gasteiger partial charge in [0.15, 0.2) is 6.10 Å². The largest absolute Gasteiger partial charge is 0.492 e. The lowest BCUT2D eigenvalue weighted by atomic mass is 10.2. The highest BCUT2D eigenvalue weighted by molar-refractivity contribution is 7.92. The first kappa shape index (κ1) is 20.0. The Balaban J connectivity index is 1.60. The van der Waals surface area contributed by atoms with Crippen molar-refractivity contribution in [2.24, 2.45) is 0 Å². The summed E-state index contributed by atoms with van der Waals surface area (Å²) in [6.07, 6.45) is -0.921. The van der Waals surface area contributed by atoms with E-state index in [-0.39, 0.29) is 24.7 Å². The van der Waals surface area contributed by atoms with E-state index in [0.717, 1.165) is 11.3 Å². The van der Waals surface area contributed by atoms with Crippen LogP contribution in [0.25, 0.3) is 0 Å². The standard InChI is InChI=1S/C20H24N2O5S/c1-3-28(24,25)22-14-19(27-18-7-5-4-6-17(18)22)20(23)21-12-13-26-16-10-8-15(2)9-11-16/h4-11,19H,3,12-14H2,1-2H3,(H,21,23)/t19-/m1/s1. The molecule has 2 aromatic rings. The molecule has 1 heterocycles. The van der Waals surface area contributed by atoms with E-state index in [4.69, 9.17) is 9.47 Å². The third kappa shape index (κ3) is 4.56. The van der Waals surface area contributed by atoms with Crippen molar-refractivity contribution in [2.75, 3.05) is 29.8 Å². The van der Waals surface area contributed by atoms with Gasteiger partial charge in [-0.05, 0) is 38.1 Å². The zero-order chi connectivity index (χ0) is 20.1. The van der Waals surface area contributed by atoms with Crippen LogP contribution in [0.1, 0.15) is 12.5 Å². The number of rotatable bonds is 7. The van der Waals surface area contributed by atoms with E-state index < -0.39 is 16.1 Å². The van der Waals surface area contributed by atoms with Crippen LogP contribution in [-0.4, -0.2) is 45.9 Å². The Morgan fingerprint density at radius 2 is 1.93 bits per heavy atom. The van der Waals surface area contributed by atoms with Crippen LogP contribution in [-0.2, 0) is 14.8 Å². The van der Waals surface area contributed by atoms with Crippen LogP contribution < -0.4 is 19.1 Å². The molecule has 150 valence electrons. The van der Waals surface area contributed by atoms with Gasteiger partial charge in [-0.1, -0.05) is 29.8 Å². The minimum absolute atomic E-state index is 0.0555. The fourth-order valence-corrected chi connectivity index (χ4v) is 3.97. The maximum atomic E-state index is 12.5. The molecule has 0 saturated heterocycles. The second-order valence-corrected chi connectivity index (χ2v) is 8.64. The van der Waals surface area contributed by atoms with Crippen LogP contribution in [0.2, 0.25) is 0 Å². The molecular formula is C20H24N2O5S. The van der Waals surface area contributed by atoms with Crippen molar-refractivity contribution in [1.29, 1.82) is 0 Å². The van der Waals surface area contributed by atoms with E-state index in [2.05, 4.69) is 5.32 Å². The highest BCUT2D eigenvalue weighted by atomic mass is 32.2. The average Bonchev–Trinajstić information content (AvgIpc) is 2.71. The summed E-state index contributed by atoms with van der Waals surface area (Å²) in [5.74, 6) is 0.670. The van der Waals surface area contributed by atoms with Gasteiger partial charge in [0.2, 0.25) is 10.0 Å². The molecule has 1 atom stereocenters. The Morgan fingerprint density at radius 3 is 2.64 bits per heavy atom. The number of fused-ring (bicyclic) bond motifs is 1. The first-order valence-corrected chi connectivity index (χ1v) is 10.7. The molecule has 0 spiro atoms. The second-order valence-electron chi connectivity index (χ2n) is 6.46. The topological polar surface area (TPSA) is 84.9 Å². The Hall–Kier alpha value is -2.74. The van der Waals surface area contributed by atoms with E-state index in [9.17, 15) is 13.2 Å². The third-order valence-electron chi connectivity index (χ3n) is 4.42. The first-order valence-electron chi connectivity index (χ1n) is 9.14. The fourth-order valence-electron chi connectivity index (χ4n) is 2.85. The summed E-state index contributed by atoms with van der Waals surface area (Å²) >= 11 is 0. The van der Waals surface area contributed by atoms with Gasteiger partial charge in [0.1, 0.15) is 18.1 Å². The molecule has 28 heavy (non-hydrogen) atoms. The predicted octanol–water partition coefficient (Wildman–Crippen LogP) is 2.11. The lowest BCUT2D eigenvalue weighted by molar-refractivity contribution is -0.127. The number of hydrogen-bond acceptors (Lipinski definition) is 5. The highest BCUT2D eigenvalue weighted by Gasteiger charge is 2.35. The molecule has 1 amide bonds. The third-order valence-corrected chi connectivity index (χ3v) is 6.17. The van der Waals surface area contributed by atoms with Gasteiger partial charge in [-0.2, -0.15) is 0 Å². The molecular weight excluding hydrogens is 380 g/mol. The number of anilines is 1. The van der Waals surface area contributed by atoms with E-state index in [1.54, 1.807) is 31.2 Å². The average molecular weight is 404 g/mol. The van der Waals surface area contributed by atoms with Gasteiger partial charge in [0.25, 0.3) is 5.91 Å². The number of sulfonamides is 1. The minimum atomic E-state index is -3.52. The SMILES string of the molecule is CCS(=O)(=O)N1C[C@H](C(=O)NCCOc2ccc(C)cc2)Oc2ccccc21. The Bertz CT molecular complexity index is 928. The molecule has 3 rings (SSSR count). The molecule has 0 unspecified atom stereocenters. The summed E-state index contributed by atoms with van der Waals surface area (Å²) in [6, 6.07) is 14.4. The molecule has 1 aliphatic rings. The van der Waals surface area contributed by atoms with Crippen LogP contribution in [0, 0.1) is 6.92 Å². The fraction of sp³-hybridized carbons (Fsp3) is 0.350. The zero-order valence-corrected chi connectivity index (χ0v) is 16.7. The summed E-state index contributed by atoms with van der Waals surface area (Å²) < 4.78 is 37.5. The highest BCUT2D eigenvalue weighted by Crippen LogP contribution is 2.35. The first-order chi connectivity index (χ1) is 13.4. The summed E-state index contributed by atoms with van der Waals surface area (Å²) in [6.45, 7) is 4.10. The smallest absolute Gasteiger partial charge is 0.263 e. The molecule has 0 bridgehead atoms. The number of benzene rings is 2. The van der Waals surface area contributed by atoms with Crippen molar-refractivity contribution < 1.29 is 22.7 Å². The Kier molecular flexibility index (Phi) is 6.08. The van der Waals surface area contributed by atoms with Gasteiger partial charge in [-0.25, -0.2) is 8.42 Å². The van der Waals surface area contributed by atoms with Crippen LogP contribution in [0.5, 0.6) is 11.5 Å². The van der Waals surface area contributed by atoms with Crippen molar-refractivity contribution in [3.8, 4) is 11.5 Å². The number of carbonyl (C=O) groups is 1. The van der Waals surface area contributed by atoms with Crippen molar-refractivity contribution in [1.82, 2.24) is 5.32 Å². The number of ether oxygens (including phenoxy) is 2. The molecule has 2 aromatic carbocycles. The van der Waals surface area contributed by atoms with Gasteiger partial charge in [0, 0.05) is 0 Å². The number of nitrogens with one attached hydrogen (secondary N) is 1. The maximum absolute atomic E-state index is 12.5. The molecule has 0 saturated carbocycles. The molecule has 1 aliphatic heterocycles. The van der Waals surface area contributed by atoms with Crippen molar-refractivity contribution >= 4 is 21.6 Å². The van der Waals surface area contributed by atoms with Crippen molar-refractivity contribution in [2.45, 2.75) is 20.0 Å².